The van der Waals surface area contributed by atoms with Crippen molar-refractivity contribution in [3.05, 3.63) is 30.3 Å². The van der Waals surface area contributed by atoms with E-state index in [1.165, 1.54) is 0 Å². The number of hydrogen-bond donors (Lipinski definition) is 0. The molecule has 2 aromatic rings. The SMILES string of the molecule is CCCCOCN(C)c1nc(-c2ccccc2)nc(N(COC)COCCCC)n1. The van der Waals surface area contributed by atoms with Gasteiger partial charge in [-0.3, -0.25) is 4.90 Å². The minimum Gasteiger partial charge on any atom is -0.364 e. The Balaban J connectivity index is 2.27. The summed E-state index contributed by atoms with van der Waals surface area (Å²) in [7, 11) is 3.56. The summed E-state index contributed by atoms with van der Waals surface area (Å²) in [6.07, 6.45) is 4.22. The van der Waals surface area contributed by atoms with Crippen LogP contribution in [-0.2, 0) is 14.2 Å². The lowest BCUT2D eigenvalue weighted by molar-refractivity contribution is 0.101. The number of ether oxygens (including phenoxy) is 3. The van der Waals surface area contributed by atoms with Gasteiger partial charge in [0.15, 0.2) is 5.82 Å². The Morgan fingerprint density at radius 3 is 2.07 bits per heavy atom. The zero-order valence-electron chi connectivity index (χ0n) is 18.7. The van der Waals surface area contributed by atoms with Crippen molar-refractivity contribution in [2.75, 3.05) is 57.4 Å². The number of methoxy groups -OCH3 is 1. The third-order valence-electron chi connectivity index (χ3n) is 4.37. The van der Waals surface area contributed by atoms with Crippen LogP contribution in [0.25, 0.3) is 11.4 Å². The molecule has 0 amide bonds. The third-order valence-corrected chi connectivity index (χ3v) is 4.37. The first-order chi connectivity index (χ1) is 14.7. The molecular formula is C22H35N5O3. The van der Waals surface area contributed by atoms with Gasteiger partial charge in [0, 0.05) is 32.9 Å². The van der Waals surface area contributed by atoms with Crippen molar-refractivity contribution in [2.24, 2.45) is 0 Å². The molecule has 166 valence electrons. The largest absolute Gasteiger partial charge is 0.364 e. The highest BCUT2D eigenvalue weighted by atomic mass is 16.5. The second-order valence-corrected chi connectivity index (χ2v) is 7.06. The highest BCUT2D eigenvalue weighted by Crippen LogP contribution is 2.21. The molecular weight excluding hydrogens is 382 g/mol. The molecule has 0 aliphatic carbocycles. The van der Waals surface area contributed by atoms with Crippen LogP contribution in [-0.4, -0.2) is 62.5 Å². The standard InChI is InChI=1S/C22H35N5O3/c1-5-7-14-29-16-26(3)21-23-20(19-12-10-9-11-13-19)24-22(25-21)27(17-28-4)18-30-15-8-6-2/h9-13H,5-8,14-18H2,1-4H3. The number of hydrogen-bond acceptors (Lipinski definition) is 8. The quantitative estimate of drug-likeness (QED) is 0.319. The number of benzene rings is 1. The average molecular weight is 418 g/mol. The number of aromatic nitrogens is 3. The van der Waals surface area contributed by atoms with Crippen molar-refractivity contribution in [3.63, 3.8) is 0 Å². The van der Waals surface area contributed by atoms with Gasteiger partial charge in [0.25, 0.3) is 0 Å². The van der Waals surface area contributed by atoms with E-state index >= 15 is 0 Å². The van der Waals surface area contributed by atoms with Crippen LogP contribution in [0.3, 0.4) is 0 Å². The zero-order chi connectivity index (χ0) is 21.6. The summed E-state index contributed by atoms with van der Waals surface area (Å²) in [4.78, 5) is 17.8. The number of nitrogens with zero attached hydrogens (tertiary/aromatic N) is 5. The Kier molecular flexibility index (Phi) is 11.1. The molecule has 0 saturated heterocycles. The van der Waals surface area contributed by atoms with Crippen LogP contribution >= 0.6 is 0 Å². The third kappa shape index (κ3) is 7.85. The van der Waals surface area contributed by atoms with Crippen LogP contribution in [0.2, 0.25) is 0 Å². The number of unbranched alkanes of at least 4 members (excludes halogenated alkanes) is 2. The van der Waals surface area contributed by atoms with E-state index in [4.69, 9.17) is 14.2 Å². The van der Waals surface area contributed by atoms with Gasteiger partial charge in [0.1, 0.15) is 20.2 Å². The van der Waals surface area contributed by atoms with E-state index in [9.17, 15) is 0 Å². The summed E-state index contributed by atoms with van der Waals surface area (Å²) < 4.78 is 16.9. The topological polar surface area (TPSA) is 72.8 Å². The fraction of sp³-hybridized carbons (Fsp3) is 0.591. The van der Waals surface area contributed by atoms with Crippen molar-refractivity contribution in [1.82, 2.24) is 15.0 Å². The van der Waals surface area contributed by atoms with Gasteiger partial charge in [-0.25, -0.2) is 0 Å². The maximum Gasteiger partial charge on any atom is 0.234 e. The first kappa shape index (κ1) is 24.0. The van der Waals surface area contributed by atoms with E-state index in [-0.39, 0.29) is 0 Å². The predicted molar refractivity (Wildman–Crippen MR) is 119 cm³/mol. The molecule has 1 aromatic carbocycles. The van der Waals surface area contributed by atoms with E-state index in [0.717, 1.165) is 31.2 Å². The molecule has 0 radical (unpaired) electrons. The Hall–Kier alpha value is -2.29. The molecule has 0 aliphatic heterocycles. The Labute approximate surface area is 180 Å². The molecule has 0 bridgehead atoms. The van der Waals surface area contributed by atoms with Crippen LogP contribution in [0.15, 0.2) is 30.3 Å². The summed E-state index contributed by atoms with van der Waals surface area (Å²) in [6.45, 7) is 6.76. The monoisotopic (exact) mass is 417 g/mol. The van der Waals surface area contributed by atoms with Crippen molar-refractivity contribution >= 4 is 11.9 Å². The second-order valence-electron chi connectivity index (χ2n) is 7.06. The summed E-state index contributed by atoms with van der Waals surface area (Å²) in [6, 6.07) is 9.88. The average Bonchev–Trinajstić information content (AvgIpc) is 2.79. The molecule has 0 aliphatic rings. The molecule has 0 spiro atoms. The summed E-state index contributed by atoms with van der Waals surface area (Å²) in [5.74, 6) is 1.66. The van der Waals surface area contributed by atoms with Gasteiger partial charge in [0.05, 0.1) is 0 Å². The number of rotatable bonds is 15. The normalized spacial score (nSPS) is 10.9. The van der Waals surface area contributed by atoms with Crippen LogP contribution in [0.1, 0.15) is 39.5 Å². The maximum atomic E-state index is 5.79. The molecule has 1 aromatic heterocycles. The van der Waals surface area contributed by atoms with E-state index in [0.29, 0.717) is 51.1 Å². The lowest BCUT2D eigenvalue weighted by Crippen LogP contribution is -2.32. The lowest BCUT2D eigenvalue weighted by Gasteiger charge is -2.24. The first-order valence-electron chi connectivity index (χ1n) is 10.6. The summed E-state index contributed by atoms with van der Waals surface area (Å²) in [5, 5.41) is 0. The van der Waals surface area contributed by atoms with Crippen molar-refractivity contribution in [2.45, 2.75) is 39.5 Å². The van der Waals surface area contributed by atoms with E-state index in [2.05, 4.69) is 28.8 Å². The highest BCUT2D eigenvalue weighted by Gasteiger charge is 2.17. The molecule has 2 rings (SSSR count). The fourth-order valence-corrected chi connectivity index (χ4v) is 2.62. The van der Waals surface area contributed by atoms with Gasteiger partial charge in [-0.05, 0) is 12.8 Å². The Morgan fingerprint density at radius 2 is 1.43 bits per heavy atom. The minimum atomic E-state index is 0.320. The summed E-state index contributed by atoms with van der Waals surface area (Å²) in [5.41, 5.74) is 0.923. The van der Waals surface area contributed by atoms with Gasteiger partial charge < -0.3 is 19.1 Å². The molecule has 0 fully saturated rings. The molecule has 0 saturated carbocycles. The van der Waals surface area contributed by atoms with Gasteiger partial charge in [-0.1, -0.05) is 57.0 Å². The Morgan fingerprint density at radius 1 is 0.800 bits per heavy atom. The maximum absolute atomic E-state index is 5.79. The smallest absolute Gasteiger partial charge is 0.234 e. The second kappa shape index (κ2) is 13.8. The molecule has 30 heavy (non-hydrogen) atoms. The van der Waals surface area contributed by atoms with Crippen LogP contribution < -0.4 is 9.80 Å². The van der Waals surface area contributed by atoms with Crippen molar-refractivity contribution < 1.29 is 14.2 Å². The van der Waals surface area contributed by atoms with E-state index < -0.39 is 0 Å². The highest BCUT2D eigenvalue weighted by molar-refractivity contribution is 5.58. The molecule has 1 heterocycles. The molecule has 0 atom stereocenters. The van der Waals surface area contributed by atoms with Crippen LogP contribution in [0, 0.1) is 0 Å². The molecule has 0 unspecified atom stereocenters. The van der Waals surface area contributed by atoms with Crippen LogP contribution in [0.4, 0.5) is 11.9 Å². The van der Waals surface area contributed by atoms with Gasteiger partial charge >= 0.3 is 0 Å². The predicted octanol–water partition coefficient (Wildman–Crippen LogP) is 3.93. The van der Waals surface area contributed by atoms with Crippen molar-refractivity contribution in [1.29, 1.82) is 0 Å². The van der Waals surface area contributed by atoms with Gasteiger partial charge in [-0.2, -0.15) is 15.0 Å². The zero-order valence-corrected chi connectivity index (χ0v) is 18.7. The lowest BCUT2D eigenvalue weighted by atomic mass is 10.2. The fourth-order valence-electron chi connectivity index (χ4n) is 2.62. The van der Waals surface area contributed by atoms with Gasteiger partial charge in [0.2, 0.25) is 11.9 Å². The number of anilines is 2. The van der Waals surface area contributed by atoms with Crippen LogP contribution in [0.5, 0.6) is 0 Å². The van der Waals surface area contributed by atoms with E-state index in [1.54, 1.807) is 7.11 Å². The van der Waals surface area contributed by atoms with Crippen molar-refractivity contribution in [3.8, 4) is 11.4 Å². The molecule has 8 nitrogen and oxygen atoms in total. The van der Waals surface area contributed by atoms with Gasteiger partial charge in [-0.15, -0.1) is 0 Å². The Bertz CT molecular complexity index is 717. The van der Waals surface area contributed by atoms with E-state index in [1.807, 2.05) is 47.2 Å². The first-order valence-corrected chi connectivity index (χ1v) is 10.6. The molecule has 0 N–H and O–H groups in total. The minimum absolute atomic E-state index is 0.320. The summed E-state index contributed by atoms with van der Waals surface area (Å²) >= 11 is 0. The molecule has 8 heteroatoms.